The number of aromatic nitrogens is 2. The molecule has 8 rings (SSSR count). The van der Waals surface area contributed by atoms with E-state index >= 15 is 0 Å². The van der Waals surface area contributed by atoms with Crippen molar-refractivity contribution in [1.29, 1.82) is 0 Å². The molecule has 3 fully saturated rings. The Morgan fingerprint density at radius 2 is 1.73 bits per heavy atom. The van der Waals surface area contributed by atoms with Gasteiger partial charge in [0.25, 0.3) is 5.91 Å². The van der Waals surface area contributed by atoms with Crippen LogP contribution in [0, 0.1) is 11.3 Å². The van der Waals surface area contributed by atoms with E-state index in [1.807, 2.05) is 85.5 Å². The molecule has 2 saturated carbocycles. The maximum Gasteiger partial charge on any atom is 0.259 e. The maximum atomic E-state index is 15.0. The molecule has 2 aromatic heterocycles. The van der Waals surface area contributed by atoms with Gasteiger partial charge in [-0.15, -0.1) is 11.3 Å². The second kappa shape index (κ2) is 17.8. The van der Waals surface area contributed by atoms with Gasteiger partial charge in [-0.1, -0.05) is 50.6 Å². The number of likely N-dealkylation sites (tertiary alicyclic amines) is 1. The second-order valence-electron chi connectivity index (χ2n) is 17.4. The van der Waals surface area contributed by atoms with Crippen molar-refractivity contribution in [2.45, 2.75) is 88.3 Å². The van der Waals surface area contributed by atoms with Crippen LogP contribution < -0.4 is 29.6 Å². The Kier molecular flexibility index (Phi) is 12.5. The smallest absolute Gasteiger partial charge is 0.259 e. The molecule has 0 spiro atoms. The van der Waals surface area contributed by atoms with Crippen molar-refractivity contribution in [2.24, 2.45) is 11.3 Å². The topological polar surface area (TPSA) is 178 Å². The van der Waals surface area contributed by atoms with E-state index in [0.717, 1.165) is 5.56 Å². The highest BCUT2D eigenvalue weighted by atomic mass is 35.5. The van der Waals surface area contributed by atoms with Crippen LogP contribution in [0.2, 0.25) is 5.02 Å². The molecule has 1 aliphatic heterocycles. The van der Waals surface area contributed by atoms with Crippen LogP contribution in [0.4, 0.5) is 13.9 Å². The van der Waals surface area contributed by atoms with Crippen molar-refractivity contribution in [3.8, 4) is 34.4 Å². The molecule has 3 aliphatic rings. The minimum absolute atomic E-state index is 0.0901. The molecule has 0 bridgehead atoms. The van der Waals surface area contributed by atoms with Gasteiger partial charge in [-0.2, -0.15) is 0 Å². The van der Waals surface area contributed by atoms with Gasteiger partial charge < -0.3 is 29.7 Å². The average Bonchev–Trinajstić information content (AvgIpc) is 4.13. The maximum absolute atomic E-state index is 15.0. The van der Waals surface area contributed by atoms with Gasteiger partial charge in [-0.05, 0) is 85.2 Å². The Labute approximate surface area is 378 Å². The number of thiazole rings is 1. The van der Waals surface area contributed by atoms with Gasteiger partial charge >= 0.3 is 0 Å². The van der Waals surface area contributed by atoms with Crippen molar-refractivity contribution < 1.29 is 45.8 Å². The predicted molar refractivity (Wildman–Crippen MR) is 238 cm³/mol. The predicted octanol–water partition coefficient (Wildman–Crippen LogP) is 7.83. The number of benzene rings is 3. The zero-order chi connectivity index (χ0) is 45.6. The van der Waals surface area contributed by atoms with Crippen LogP contribution in [-0.2, 0) is 24.4 Å². The van der Waals surface area contributed by atoms with Crippen molar-refractivity contribution >= 4 is 66.6 Å². The third-order valence-corrected chi connectivity index (χ3v) is 14.5. The van der Waals surface area contributed by atoms with Gasteiger partial charge in [0.1, 0.15) is 41.0 Å². The van der Waals surface area contributed by atoms with Gasteiger partial charge in [0.15, 0.2) is 5.13 Å². The number of ether oxygens (including phenoxy) is 3. The average molecular weight is 937 g/mol. The van der Waals surface area contributed by atoms with Crippen LogP contribution >= 0.6 is 22.9 Å². The summed E-state index contributed by atoms with van der Waals surface area (Å²) in [5.74, 6) is -1.47. The quantitative estimate of drug-likeness (QED) is 0.0879. The fourth-order valence-electron chi connectivity index (χ4n) is 7.99. The fourth-order valence-corrected chi connectivity index (χ4v) is 10.3. The number of pyridine rings is 1. The number of sulfonamides is 1. The number of anilines is 1. The van der Waals surface area contributed by atoms with Crippen molar-refractivity contribution in [3.05, 3.63) is 89.4 Å². The first-order chi connectivity index (χ1) is 30.4. The van der Waals surface area contributed by atoms with Crippen LogP contribution in [0.1, 0.15) is 52.9 Å². The van der Waals surface area contributed by atoms with E-state index in [1.54, 1.807) is 18.2 Å². The number of rotatable bonds is 16. The molecule has 3 aromatic carbocycles. The first-order valence-corrected chi connectivity index (χ1v) is 23.6. The molecule has 338 valence electrons. The van der Waals surface area contributed by atoms with Crippen molar-refractivity contribution in [3.63, 3.8) is 0 Å². The first kappa shape index (κ1) is 45.0. The molecule has 0 unspecified atom stereocenters. The van der Waals surface area contributed by atoms with Gasteiger partial charge in [-0.25, -0.2) is 27.2 Å². The molecule has 5 aromatic rings. The van der Waals surface area contributed by atoms with E-state index in [4.69, 9.17) is 30.8 Å². The zero-order valence-electron chi connectivity index (χ0n) is 35.3. The van der Waals surface area contributed by atoms with E-state index in [0.29, 0.717) is 56.7 Å². The molecule has 64 heavy (non-hydrogen) atoms. The van der Waals surface area contributed by atoms with E-state index in [2.05, 4.69) is 15.6 Å². The van der Waals surface area contributed by atoms with Crippen LogP contribution in [0.25, 0.3) is 22.0 Å². The summed E-state index contributed by atoms with van der Waals surface area (Å²) in [6.45, 7) is 5.46. The number of hydrogen-bond acceptors (Lipinski definition) is 12. The molecular weight excluding hydrogens is 890 g/mol. The summed E-state index contributed by atoms with van der Waals surface area (Å²) in [4.78, 5) is 53.8. The van der Waals surface area contributed by atoms with E-state index in [-0.39, 0.29) is 25.3 Å². The molecule has 3 N–H and O–H groups in total. The standard InChI is InChI=1S/C45H47ClF2N6O8S2/c1-44(2,3)38(51-43-50-34(24-63-43)25-10-13-29(14-11-25)61-28-8-6-5-7-9-28)41(56)54-23-30(62-40-33-19-27(46)12-17-32(33)36(60-4)22-49-40)20-35(54)39(55)52-45(21-26(45)18-37(47)48)42(57)53-64(58,59)31-15-16-31/h5-14,17,19,22,24,26,30-31,35,37-38H,15-16,18,20-21,23H2,1-4H3,(H,50,51)(H,52,55)(H,53,57)/t26-,30-,35+,38-,45-/m1/s1. The number of nitrogens with one attached hydrogen (secondary N) is 3. The molecule has 0 radical (unpaired) electrons. The highest BCUT2D eigenvalue weighted by molar-refractivity contribution is 7.91. The number of para-hydroxylation sites is 1. The van der Waals surface area contributed by atoms with Gasteiger partial charge in [0.05, 0.1) is 30.8 Å². The molecule has 14 nitrogen and oxygen atoms in total. The monoisotopic (exact) mass is 936 g/mol. The summed E-state index contributed by atoms with van der Waals surface area (Å²) in [5, 5.41) is 9.05. The normalized spacial score (nSPS) is 21.3. The first-order valence-electron chi connectivity index (χ1n) is 20.7. The molecule has 3 amide bonds. The second-order valence-corrected chi connectivity index (χ2v) is 20.6. The molecule has 2 aliphatic carbocycles. The number of fused-ring (bicyclic) bond motifs is 1. The number of nitrogens with zero attached hydrogens (tertiary/aromatic N) is 3. The lowest BCUT2D eigenvalue weighted by Crippen LogP contribution is -2.58. The highest BCUT2D eigenvalue weighted by Gasteiger charge is 2.63. The number of hydrogen-bond donors (Lipinski definition) is 3. The SMILES string of the molecule is COc1cnc(O[C@@H]2C[C@@H](C(=O)N[C@]3(C(=O)NS(=O)(=O)C4CC4)C[C@H]3CC(F)F)N(C(=O)[C@@H](Nc3nc(-c4ccc(Oc5ccccc5)cc4)cs3)C(C)(C)C)C2)c2cc(Cl)ccc12. The lowest BCUT2D eigenvalue weighted by Gasteiger charge is -2.35. The number of carbonyl (C=O) groups is 3. The summed E-state index contributed by atoms with van der Waals surface area (Å²) in [6.07, 6.45) is -2.50. The summed E-state index contributed by atoms with van der Waals surface area (Å²) in [6, 6.07) is 19.7. The summed E-state index contributed by atoms with van der Waals surface area (Å²) < 4.78 is 73.1. The van der Waals surface area contributed by atoms with Gasteiger partial charge in [0.2, 0.25) is 34.1 Å². The number of halogens is 3. The summed E-state index contributed by atoms with van der Waals surface area (Å²) in [7, 11) is -2.58. The summed E-state index contributed by atoms with van der Waals surface area (Å²) in [5.41, 5.74) is -1.23. The molecular formula is C45H47ClF2N6O8S2. The lowest BCUT2D eigenvalue weighted by atomic mass is 9.85. The Morgan fingerprint density at radius 1 is 1.02 bits per heavy atom. The van der Waals surface area contributed by atoms with Crippen LogP contribution in [-0.4, -0.2) is 90.1 Å². The minimum Gasteiger partial charge on any atom is -0.494 e. The summed E-state index contributed by atoms with van der Waals surface area (Å²) >= 11 is 7.67. The lowest BCUT2D eigenvalue weighted by molar-refractivity contribution is -0.141. The van der Waals surface area contributed by atoms with E-state index in [1.165, 1.54) is 29.5 Å². The van der Waals surface area contributed by atoms with Crippen LogP contribution in [0.3, 0.4) is 0 Å². The largest absolute Gasteiger partial charge is 0.494 e. The molecule has 3 heterocycles. The van der Waals surface area contributed by atoms with E-state index in [9.17, 15) is 31.6 Å². The minimum atomic E-state index is -4.08. The third kappa shape index (κ3) is 9.73. The Morgan fingerprint density at radius 3 is 2.41 bits per heavy atom. The number of amides is 3. The Bertz CT molecular complexity index is 2660. The third-order valence-electron chi connectivity index (χ3n) is 11.7. The molecule has 19 heteroatoms. The van der Waals surface area contributed by atoms with Gasteiger partial charge in [0, 0.05) is 39.6 Å². The number of carbonyl (C=O) groups excluding carboxylic acids is 3. The highest BCUT2D eigenvalue weighted by Crippen LogP contribution is 2.48. The van der Waals surface area contributed by atoms with Crippen molar-refractivity contribution in [2.75, 3.05) is 19.0 Å². The van der Waals surface area contributed by atoms with Gasteiger partial charge in [-0.3, -0.25) is 19.1 Å². The molecule has 1 saturated heterocycles. The van der Waals surface area contributed by atoms with Crippen molar-refractivity contribution in [1.82, 2.24) is 24.9 Å². The number of alkyl halides is 2. The fraction of sp³-hybridized carbons (Fsp3) is 0.400. The number of methoxy groups -OCH3 is 1. The van der Waals surface area contributed by atoms with Crippen LogP contribution in [0.15, 0.2) is 84.4 Å². The molecule has 5 atom stereocenters. The van der Waals surface area contributed by atoms with Crippen LogP contribution in [0.5, 0.6) is 23.1 Å². The Balaban J connectivity index is 1.07. The van der Waals surface area contributed by atoms with E-state index < -0.39 is 80.9 Å². The zero-order valence-corrected chi connectivity index (χ0v) is 37.7. The Hall–Kier alpha value is -5.59.